The first-order valence-electron chi connectivity index (χ1n) is 11.4. The maximum absolute atomic E-state index is 2.24. The molecule has 0 N–H and O–H groups in total. The molecule has 4 rings (SSSR count). The minimum atomic E-state index is 1.01. The van der Waals surface area contributed by atoms with Crippen molar-refractivity contribution in [3.8, 4) is 33.4 Å². The standard InChI is InChI=1S/C30H32N2/c1-5-31(3)29-19-15-27(16-20-29)25-11-7-23(8-12-25)24-9-13-26(14-10-24)28-17-21-30(22-18-28)32(4)6-2/h7-22H,5-6H2,1-4H3. The normalized spacial score (nSPS) is 10.8. The summed E-state index contributed by atoms with van der Waals surface area (Å²) in [6.45, 7) is 6.35. The lowest BCUT2D eigenvalue weighted by Gasteiger charge is -2.17. The molecule has 0 unspecified atom stereocenters. The third-order valence-corrected chi connectivity index (χ3v) is 6.33. The number of nitrogens with zero attached hydrogens (tertiary/aromatic N) is 2. The minimum absolute atomic E-state index is 1.01. The van der Waals surface area contributed by atoms with E-state index in [1.165, 1.54) is 44.8 Å². The highest BCUT2D eigenvalue weighted by Crippen LogP contribution is 2.29. The molecule has 0 amide bonds. The van der Waals surface area contributed by atoms with Crippen LogP contribution in [0, 0.1) is 0 Å². The topological polar surface area (TPSA) is 6.48 Å². The second-order valence-electron chi connectivity index (χ2n) is 8.28. The lowest BCUT2D eigenvalue weighted by molar-refractivity contribution is 0.968. The number of benzene rings is 4. The van der Waals surface area contributed by atoms with Crippen LogP contribution < -0.4 is 9.80 Å². The van der Waals surface area contributed by atoms with Crippen LogP contribution in [0.15, 0.2) is 97.1 Å². The van der Waals surface area contributed by atoms with Crippen LogP contribution >= 0.6 is 0 Å². The van der Waals surface area contributed by atoms with Crippen molar-refractivity contribution >= 4 is 11.4 Å². The number of anilines is 2. The first-order valence-corrected chi connectivity index (χ1v) is 11.4. The van der Waals surface area contributed by atoms with Crippen molar-refractivity contribution in [1.82, 2.24) is 0 Å². The van der Waals surface area contributed by atoms with Gasteiger partial charge >= 0.3 is 0 Å². The van der Waals surface area contributed by atoms with Gasteiger partial charge in [-0.3, -0.25) is 0 Å². The highest BCUT2D eigenvalue weighted by atomic mass is 15.1. The van der Waals surface area contributed by atoms with Gasteiger partial charge in [0.1, 0.15) is 0 Å². The van der Waals surface area contributed by atoms with E-state index in [2.05, 4.69) is 135 Å². The van der Waals surface area contributed by atoms with Crippen molar-refractivity contribution in [2.24, 2.45) is 0 Å². The Morgan fingerprint density at radius 2 is 0.562 bits per heavy atom. The third-order valence-electron chi connectivity index (χ3n) is 6.33. The summed E-state index contributed by atoms with van der Waals surface area (Å²) in [5, 5.41) is 0. The molecule has 0 aromatic heterocycles. The average molecular weight is 421 g/mol. The molecule has 0 radical (unpaired) electrons. The fourth-order valence-corrected chi connectivity index (χ4v) is 3.89. The number of hydrogen-bond acceptors (Lipinski definition) is 2. The molecule has 4 aromatic carbocycles. The molecule has 0 spiro atoms. The average Bonchev–Trinajstić information content (AvgIpc) is 2.88. The van der Waals surface area contributed by atoms with Gasteiger partial charge in [-0.2, -0.15) is 0 Å². The summed E-state index contributed by atoms with van der Waals surface area (Å²) in [7, 11) is 4.24. The first kappa shape index (κ1) is 21.7. The molecule has 0 atom stereocenters. The van der Waals surface area contributed by atoms with Gasteiger partial charge in [0.25, 0.3) is 0 Å². The highest BCUT2D eigenvalue weighted by Gasteiger charge is 2.04. The van der Waals surface area contributed by atoms with Gasteiger partial charge in [-0.05, 0) is 71.5 Å². The zero-order valence-corrected chi connectivity index (χ0v) is 19.5. The Balaban J connectivity index is 1.48. The predicted octanol–water partition coefficient (Wildman–Crippen LogP) is 7.60. The van der Waals surface area contributed by atoms with E-state index in [9.17, 15) is 0 Å². The van der Waals surface area contributed by atoms with Gasteiger partial charge in [-0.1, -0.05) is 72.8 Å². The molecule has 4 aromatic rings. The Labute approximate surface area is 192 Å². The van der Waals surface area contributed by atoms with Crippen molar-refractivity contribution in [2.75, 3.05) is 37.0 Å². The molecule has 0 aliphatic rings. The van der Waals surface area contributed by atoms with Crippen molar-refractivity contribution in [3.63, 3.8) is 0 Å². The summed E-state index contributed by atoms with van der Waals surface area (Å²) >= 11 is 0. The third kappa shape index (κ3) is 4.70. The molecule has 2 heteroatoms. The first-order chi connectivity index (χ1) is 15.6. The quantitative estimate of drug-likeness (QED) is 0.304. The van der Waals surface area contributed by atoms with E-state index in [1.807, 2.05) is 0 Å². The Kier molecular flexibility index (Phi) is 6.61. The van der Waals surface area contributed by atoms with E-state index >= 15 is 0 Å². The second-order valence-corrected chi connectivity index (χ2v) is 8.28. The largest absolute Gasteiger partial charge is 0.375 e. The summed E-state index contributed by atoms with van der Waals surface area (Å²) in [6, 6.07) is 35.3. The lowest BCUT2D eigenvalue weighted by Crippen LogP contribution is -2.15. The molecular formula is C30H32N2. The predicted molar refractivity (Wildman–Crippen MR) is 141 cm³/mol. The summed E-state index contributed by atoms with van der Waals surface area (Å²) < 4.78 is 0. The Hall–Kier alpha value is -3.52. The maximum Gasteiger partial charge on any atom is 0.0363 e. The van der Waals surface area contributed by atoms with Crippen LogP contribution in [0.5, 0.6) is 0 Å². The Morgan fingerprint density at radius 3 is 0.750 bits per heavy atom. The molecule has 0 saturated heterocycles. The number of rotatable bonds is 7. The fourth-order valence-electron chi connectivity index (χ4n) is 3.89. The monoisotopic (exact) mass is 420 g/mol. The van der Waals surface area contributed by atoms with Gasteiger partial charge < -0.3 is 9.80 Å². The van der Waals surface area contributed by atoms with Crippen molar-refractivity contribution in [2.45, 2.75) is 13.8 Å². The second kappa shape index (κ2) is 9.74. The molecule has 0 aliphatic carbocycles. The Morgan fingerprint density at radius 1 is 0.375 bits per heavy atom. The summed E-state index contributed by atoms with van der Waals surface area (Å²) in [5.74, 6) is 0. The van der Waals surface area contributed by atoms with E-state index in [-0.39, 0.29) is 0 Å². The zero-order chi connectivity index (χ0) is 22.5. The molecule has 162 valence electrons. The van der Waals surface area contributed by atoms with E-state index in [0.717, 1.165) is 13.1 Å². The van der Waals surface area contributed by atoms with Gasteiger partial charge in [-0.25, -0.2) is 0 Å². The Bertz CT molecular complexity index is 1030. The molecule has 0 heterocycles. The van der Waals surface area contributed by atoms with Crippen molar-refractivity contribution < 1.29 is 0 Å². The van der Waals surface area contributed by atoms with Crippen LogP contribution in [-0.4, -0.2) is 27.2 Å². The van der Waals surface area contributed by atoms with E-state index < -0.39 is 0 Å². The van der Waals surface area contributed by atoms with E-state index in [0.29, 0.717) is 0 Å². The van der Waals surface area contributed by atoms with Crippen LogP contribution in [0.4, 0.5) is 11.4 Å². The van der Waals surface area contributed by atoms with Crippen LogP contribution in [0.3, 0.4) is 0 Å². The van der Waals surface area contributed by atoms with Crippen LogP contribution in [-0.2, 0) is 0 Å². The van der Waals surface area contributed by atoms with Crippen molar-refractivity contribution in [1.29, 1.82) is 0 Å². The van der Waals surface area contributed by atoms with Gasteiger partial charge in [0, 0.05) is 38.6 Å². The van der Waals surface area contributed by atoms with E-state index in [1.54, 1.807) is 0 Å². The summed E-state index contributed by atoms with van der Waals surface area (Å²) in [6.07, 6.45) is 0. The van der Waals surface area contributed by atoms with Crippen LogP contribution in [0.25, 0.3) is 33.4 Å². The molecule has 0 fully saturated rings. The van der Waals surface area contributed by atoms with Gasteiger partial charge in [0.15, 0.2) is 0 Å². The molecule has 0 bridgehead atoms. The number of hydrogen-bond donors (Lipinski definition) is 0. The maximum atomic E-state index is 2.24. The molecule has 0 saturated carbocycles. The highest BCUT2D eigenvalue weighted by molar-refractivity contribution is 5.74. The van der Waals surface area contributed by atoms with E-state index in [4.69, 9.17) is 0 Å². The SMILES string of the molecule is CCN(C)c1ccc(-c2ccc(-c3ccc(-c4ccc(N(C)CC)cc4)cc3)cc2)cc1. The molecule has 0 aliphatic heterocycles. The molecule has 2 nitrogen and oxygen atoms in total. The van der Waals surface area contributed by atoms with Crippen LogP contribution in [0.2, 0.25) is 0 Å². The molecule has 32 heavy (non-hydrogen) atoms. The summed E-state index contributed by atoms with van der Waals surface area (Å²) in [4.78, 5) is 4.49. The van der Waals surface area contributed by atoms with Gasteiger partial charge in [-0.15, -0.1) is 0 Å². The lowest BCUT2D eigenvalue weighted by atomic mass is 9.98. The smallest absolute Gasteiger partial charge is 0.0363 e. The molecular weight excluding hydrogens is 388 g/mol. The van der Waals surface area contributed by atoms with Gasteiger partial charge in [0.2, 0.25) is 0 Å². The fraction of sp³-hybridized carbons (Fsp3) is 0.200. The van der Waals surface area contributed by atoms with Crippen molar-refractivity contribution in [3.05, 3.63) is 97.1 Å². The zero-order valence-electron chi connectivity index (χ0n) is 19.5. The van der Waals surface area contributed by atoms with Crippen LogP contribution in [0.1, 0.15) is 13.8 Å². The van der Waals surface area contributed by atoms with Gasteiger partial charge in [0.05, 0.1) is 0 Å². The minimum Gasteiger partial charge on any atom is -0.375 e. The summed E-state index contributed by atoms with van der Waals surface area (Å²) in [5.41, 5.74) is 9.96.